The molecular weight excluding hydrogens is 505 g/mol. The molecule has 0 atom stereocenters. The number of aliphatic imine (C=N–C) groups is 1. The van der Waals surface area contributed by atoms with Crippen LogP contribution >= 0.6 is 24.0 Å². The lowest BCUT2D eigenvalue weighted by Crippen LogP contribution is -2.41. The second-order valence-corrected chi connectivity index (χ2v) is 7.01. The van der Waals surface area contributed by atoms with E-state index in [9.17, 15) is 9.90 Å². The first-order valence-corrected chi connectivity index (χ1v) is 10.2. The Morgan fingerprint density at radius 2 is 1.74 bits per heavy atom. The Kier molecular flexibility index (Phi) is 9.64. The van der Waals surface area contributed by atoms with Crippen LogP contribution in [-0.4, -0.2) is 48.1 Å². The van der Waals surface area contributed by atoms with Crippen LogP contribution in [0.4, 0.5) is 0 Å². The van der Waals surface area contributed by atoms with Crippen molar-refractivity contribution in [2.75, 3.05) is 26.2 Å². The second-order valence-electron chi connectivity index (χ2n) is 7.01. The van der Waals surface area contributed by atoms with E-state index >= 15 is 0 Å². The Morgan fingerprint density at radius 3 is 2.48 bits per heavy atom. The minimum atomic E-state index is -0.173. The molecule has 166 valence electrons. The smallest absolute Gasteiger partial charge is 0.251 e. The number of aromatic amines is 1. The molecule has 3 rings (SSSR count). The number of hydrogen-bond donors (Lipinski definition) is 5. The molecule has 1 amide bonds. The van der Waals surface area contributed by atoms with Crippen LogP contribution in [0.5, 0.6) is 5.75 Å². The molecular formula is C23H30IN5O2. The van der Waals surface area contributed by atoms with E-state index in [0.29, 0.717) is 25.2 Å². The maximum Gasteiger partial charge on any atom is 0.251 e. The summed E-state index contributed by atoms with van der Waals surface area (Å²) in [5, 5.41) is 19.9. The fourth-order valence-corrected chi connectivity index (χ4v) is 3.35. The number of hydrogen-bond acceptors (Lipinski definition) is 3. The number of H-pyrrole nitrogens is 1. The summed E-state index contributed by atoms with van der Waals surface area (Å²) in [6.45, 7) is 6.57. The minimum absolute atomic E-state index is 0. The molecule has 2 aromatic carbocycles. The van der Waals surface area contributed by atoms with Gasteiger partial charge in [-0.1, -0.05) is 18.2 Å². The molecule has 0 aliphatic heterocycles. The first-order chi connectivity index (χ1) is 14.6. The van der Waals surface area contributed by atoms with Gasteiger partial charge in [0.1, 0.15) is 5.75 Å². The highest BCUT2D eigenvalue weighted by atomic mass is 127. The number of carbonyl (C=O) groups is 1. The maximum atomic E-state index is 12.1. The molecule has 0 spiro atoms. The van der Waals surface area contributed by atoms with Crippen LogP contribution in [0.3, 0.4) is 0 Å². The van der Waals surface area contributed by atoms with Crippen LogP contribution < -0.4 is 16.0 Å². The van der Waals surface area contributed by atoms with Gasteiger partial charge in [-0.3, -0.25) is 9.79 Å². The molecule has 0 unspecified atom stereocenters. The van der Waals surface area contributed by atoms with E-state index in [2.05, 4.69) is 51.0 Å². The zero-order valence-electron chi connectivity index (χ0n) is 17.9. The zero-order chi connectivity index (χ0) is 21.3. The van der Waals surface area contributed by atoms with Crippen LogP contribution in [0.15, 0.2) is 53.5 Å². The molecule has 1 aromatic heterocycles. The second kappa shape index (κ2) is 12.2. The lowest BCUT2D eigenvalue weighted by atomic mass is 10.1. The third-order valence-corrected chi connectivity index (χ3v) is 4.84. The Balaban J connectivity index is 0.00000341. The van der Waals surface area contributed by atoms with E-state index in [0.717, 1.165) is 24.4 Å². The number of amides is 1. The molecule has 0 saturated carbocycles. The van der Waals surface area contributed by atoms with Crippen molar-refractivity contribution >= 4 is 46.7 Å². The number of guanidine groups is 1. The maximum absolute atomic E-state index is 12.1. The Morgan fingerprint density at radius 1 is 1.03 bits per heavy atom. The molecule has 0 aliphatic rings. The fraction of sp³-hybridized carbons (Fsp3) is 0.304. The van der Waals surface area contributed by atoms with Crippen LogP contribution in [-0.2, 0) is 6.42 Å². The lowest BCUT2D eigenvalue weighted by Gasteiger charge is -2.12. The van der Waals surface area contributed by atoms with Crippen molar-refractivity contribution in [3.05, 3.63) is 65.4 Å². The topological polar surface area (TPSA) is 102 Å². The SMILES string of the molecule is CCNC(=NCCc1c(C)[nH]c2ccccc12)NCCNC(=O)c1ccc(O)cc1.I. The van der Waals surface area contributed by atoms with Gasteiger partial charge < -0.3 is 26.0 Å². The van der Waals surface area contributed by atoms with Crippen LogP contribution in [0.1, 0.15) is 28.5 Å². The number of phenols is 1. The van der Waals surface area contributed by atoms with Crippen molar-refractivity contribution in [2.45, 2.75) is 20.3 Å². The van der Waals surface area contributed by atoms with Gasteiger partial charge in [0, 0.05) is 48.3 Å². The van der Waals surface area contributed by atoms with Gasteiger partial charge in [0.25, 0.3) is 5.91 Å². The normalized spacial score (nSPS) is 11.1. The summed E-state index contributed by atoms with van der Waals surface area (Å²) in [6.07, 6.45) is 0.851. The number of halogens is 1. The third kappa shape index (κ3) is 6.88. The van der Waals surface area contributed by atoms with Crippen LogP contribution in [0, 0.1) is 6.92 Å². The van der Waals surface area contributed by atoms with E-state index in [-0.39, 0.29) is 35.6 Å². The predicted molar refractivity (Wildman–Crippen MR) is 137 cm³/mol. The molecule has 0 aliphatic carbocycles. The van der Waals surface area contributed by atoms with Gasteiger partial charge in [0.05, 0.1) is 0 Å². The Bertz CT molecular complexity index is 1010. The van der Waals surface area contributed by atoms with E-state index in [1.807, 2.05) is 13.0 Å². The molecule has 0 fully saturated rings. The summed E-state index contributed by atoms with van der Waals surface area (Å²) in [6, 6.07) is 14.5. The summed E-state index contributed by atoms with van der Waals surface area (Å²) < 4.78 is 0. The van der Waals surface area contributed by atoms with Gasteiger partial charge in [-0.05, 0) is 56.2 Å². The highest BCUT2D eigenvalue weighted by Gasteiger charge is 2.08. The molecule has 1 heterocycles. The number of phenolic OH excluding ortho intramolecular Hbond substituents is 1. The largest absolute Gasteiger partial charge is 0.508 e. The molecule has 0 bridgehead atoms. The van der Waals surface area contributed by atoms with Gasteiger partial charge in [-0.15, -0.1) is 24.0 Å². The number of para-hydroxylation sites is 1. The monoisotopic (exact) mass is 535 g/mol. The number of aromatic nitrogens is 1. The van der Waals surface area contributed by atoms with Gasteiger partial charge in [0.15, 0.2) is 5.96 Å². The summed E-state index contributed by atoms with van der Waals surface area (Å²) in [7, 11) is 0. The van der Waals surface area contributed by atoms with E-state index in [1.165, 1.54) is 28.8 Å². The van der Waals surface area contributed by atoms with Crippen LogP contribution in [0.25, 0.3) is 10.9 Å². The van der Waals surface area contributed by atoms with E-state index < -0.39 is 0 Å². The molecule has 0 radical (unpaired) electrons. The van der Waals surface area contributed by atoms with Crippen molar-refractivity contribution in [3.63, 3.8) is 0 Å². The summed E-state index contributed by atoms with van der Waals surface area (Å²) in [5.41, 5.74) is 4.15. The molecule has 0 saturated heterocycles. The number of fused-ring (bicyclic) bond motifs is 1. The number of carbonyl (C=O) groups excluding carboxylic acids is 1. The number of rotatable bonds is 8. The first-order valence-electron chi connectivity index (χ1n) is 10.2. The quantitative estimate of drug-likeness (QED) is 0.132. The third-order valence-electron chi connectivity index (χ3n) is 4.84. The summed E-state index contributed by atoms with van der Waals surface area (Å²) >= 11 is 0. The fourth-order valence-electron chi connectivity index (χ4n) is 3.35. The molecule has 31 heavy (non-hydrogen) atoms. The average molecular weight is 535 g/mol. The molecule has 8 heteroatoms. The zero-order valence-corrected chi connectivity index (χ0v) is 20.2. The van der Waals surface area contributed by atoms with Gasteiger partial charge in [-0.2, -0.15) is 0 Å². The minimum Gasteiger partial charge on any atom is -0.508 e. The van der Waals surface area contributed by atoms with Gasteiger partial charge in [0.2, 0.25) is 0 Å². The molecule has 7 nitrogen and oxygen atoms in total. The predicted octanol–water partition coefficient (Wildman–Crippen LogP) is 3.33. The Labute approximate surface area is 199 Å². The van der Waals surface area contributed by atoms with Crippen molar-refractivity contribution in [2.24, 2.45) is 4.99 Å². The van der Waals surface area contributed by atoms with Crippen molar-refractivity contribution < 1.29 is 9.90 Å². The summed E-state index contributed by atoms with van der Waals surface area (Å²) in [5.74, 6) is 0.699. The number of aromatic hydroxyl groups is 1. The molecule has 5 N–H and O–H groups in total. The van der Waals surface area contributed by atoms with E-state index in [4.69, 9.17) is 0 Å². The number of benzene rings is 2. The Hall–Kier alpha value is -2.75. The van der Waals surface area contributed by atoms with Gasteiger partial charge in [-0.25, -0.2) is 0 Å². The standard InChI is InChI=1S/C23H29N5O2.HI/c1-3-24-23(27-15-14-25-22(30)17-8-10-18(29)11-9-17)26-13-12-19-16(2)28-21-7-5-4-6-20(19)21;/h4-11,28-29H,3,12-15H2,1-2H3,(H,25,30)(H2,24,26,27);1H. The van der Waals surface area contributed by atoms with Crippen molar-refractivity contribution in [1.29, 1.82) is 0 Å². The van der Waals surface area contributed by atoms with E-state index in [1.54, 1.807) is 12.1 Å². The van der Waals surface area contributed by atoms with Crippen molar-refractivity contribution in [1.82, 2.24) is 20.9 Å². The highest BCUT2D eigenvalue weighted by molar-refractivity contribution is 14.0. The van der Waals surface area contributed by atoms with Gasteiger partial charge >= 0.3 is 0 Å². The first kappa shape index (κ1) is 24.5. The van der Waals surface area contributed by atoms with Crippen LogP contribution in [0.2, 0.25) is 0 Å². The lowest BCUT2D eigenvalue weighted by molar-refractivity contribution is 0.0954. The number of nitrogens with zero attached hydrogens (tertiary/aromatic N) is 1. The average Bonchev–Trinajstić information content (AvgIpc) is 3.06. The summed E-state index contributed by atoms with van der Waals surface area (Å²) in [4.78, 5) is 20.2. The van der Waals surface area contributed by atoms with Crippen molar-refractivity contribution in [3.8, 4) is 5.75 Å². The number of aryl methyl sites for hydroxylation is 1. The molecule has 3 aromatic rings. The highest BCUT2D eigenvalue weighted by Crippen LogP contribution is 2.22. The number of nitrogens with one attached hydrogen (secondary N) is 4.